The van der Waals surface area contributed by atoms with Crippen LogP contribution in [0, 0.1) is 23.7 Å². The molecule has 4 bridgehead atoms. The van der Waals surface area contributed by atoms with Crippen molar-refractivity contribution >= 4 is 39.2 Å². The molecule has 2 aromatic heterocycles. The highest BCUT2D eigenvalue weighted by molar-refractivity contribution is 8.00. The first-order valence-electron chi connectivity index (χ1n) is 14.3. The van der Waals surface area contributed by atoms with Gasteiger partial charge >= 0.3 is 0 Å². The molecular weight excluding hydrogens is 494 g/mol. The van der Waals surface area contributed by atoms with Crippen LogP contribution in [0.2, 0.25) is 0 Å². The lowest BCUT2D eigenvalue weighted by molar-refractivity contribution is -0.118. The van der Waals surface area contributed by atoms with Gasteiger partial charge in [0.05, 0.1) is 5.75 Å². The van der Waals surface area contributed by atoms with E-state index in [1.807, 2.05) is 17.4 Å². The lowest BCUT2D eigenvalue weighted by Crippen LogP contribution is -2.49. The van der Waals surface area contributed by atoms with Crippen molar-refractivity contribution in [1.82, 2.24) is 15.3 Å². The lowest BCUT2D eigenvalue weighted by Gasteiger charge is -2.56. The van der Waals surface area contributed by atoms with E-state index in [1.54, 1.807) is 11.8 Å². The second-order valence-electron chi connectivity index (χ2n) is 12.5. The highest BCUT2D eigenvalue weighted by atomic mass is 32.2. The standard InChI is InChI=1S/C31H37N3OS2/c1-19-7-8-24-25(11-19)37-29-27(24)28(36-18-26(35)32-10-9-20-5-3-2-4-6-20)33-30(34-29)31-15-21-12-22(16-31)14-23(13-21)17-31/h2-6,19,21-23H,7-18H2,1H3,(H,32,35)/t19-,21?,22?,23?,31?/m0/s1. The van der Waals surface area contributed by atoms with Crippen molar-refractivity contribution in [1.29, 1.82) is 0 Å². The summed E-state index contributed by atoms with van der Waals surface area (Å²) in [5.41, 5.74) is 2.91. The Kier molecular flexibility index (Phi) is 6.31. The number of hydrogen-bond acceptors (Lipinski definition) is 5. The lowest BCUT2D eigenvalue weighted by atomic mass is 9.49. The van der Waals surface area contributed by atoms with Gasteiger partial charge in [-0.1, -0.05) is 49.0 Å². The van der Waals surface area contributed by atoms with Crippen molar-refractivity contribution in [2.24, 2.45) is 23.7 Å². The molecule has 0 aliphatic heterocycles. The number of aromatic nitrogens is 2. The minimum atomic E-state index is 0.0989. The van der Waals surface area contributed by atoms with Crippen molar-refractivity contribution in [3.8, 4) is 0 Å². The van der Waals surface area contributed by atoms with E-state index in [9.17, 15) is 4.79 Å². The molecule has 4 fully saturated rings. The molecule has 0 radical (unpaired) electrons. The van der Waals surface area contributed by atoms with Crippen LogP contribution in [0.15, 0.2) is 35.4 Å². The van der Waals surface area contributed by atoms with Crippen LogP contribution in [0.5, 0.6) is 0 Å². The van der Waals surface area contributed by atoms with E-state index in [4.69, 9.17) is 9.97 Å². The maximum atomic E-state index is 12.8. The third kappa shape index (κ3) is 4.63. The SMILES string of the molecule is C[C@H]1CCc2c(sc3nc(C45CC6CC(CC(C6)C4)C5)nc(SCC(=O)NCCc4ccccc4)c23)C1. The number of hydrogen-bond donors (Lipinski definition) is 1. The molecule has 5 aliphatic carbocycles. The van der Waals surface area contributed by atoms with Crippen LogP contribution in [0.1, 0.15) is 73.7 Å². The minimum Gasteiger partial charge on any atom is -0.355 e. The average Bonchev–Trinajstić information content (AvgIpc) is 3.25. The minimum absolute atomic E-state index is 0.0989. The predicted molar refractivity (Wildman–Crippen MR) is 152 cm³/mol. The van der Waals surface area contributed by atoms with E-state index in [-0.39, 0.29) is 11.3 Å². The van der Waals surface area contributed by atoms with Gasteiger partial charge in [0.15, 0.2) is 0 Å². The summed E-state index contributed by atoms with van der Waals surface area (Å²) in [7, 11) is 0. The summed E-state index contributed by atoms with van der Waals surface area (Å²) in [5, 5.41) is 5.47. The van der Waals surface area contributed by atoms with E-state index in [1.165, 1.54) is 71.2 Å². The van der Waals surface area contributed by atoms with Gasteiger partial charge in [0.2, 0.25) is 5.91 Å². The Morgan fingerprint density at radius 1 is 1.08 bits per heavy atom. The van der Waals surface area contributed by atoms with Crippen LogP contribution in [0.25, 0.3) is 10.2 Å². The summed E-state index contributed by atoms with van der Waals surface area (Å²) in [4.78, 5) is 26.3. The smallest absolute Gasteiger partial charge is 0.230 e. The monoisotopic (exact) mass is 531 g/mol. The normalized spacial score (nSPS) is 30.0. The van der Waals surface area contributed by atoms with Gasteiger partial charge in [-0.05, 0) is 99.0 Å². The zero-order valence-corrected chi connectivity index (χ0v) is 23.4. The van der Waals surface area contributed by atoms with Crippen LogP contribution >= 0.6 is 23.1 Å². The molecule has 0 spiro atoms. The topological polar surface area (TPSA) is 54.9 Å². The third-order valence-corrected chi connectivity index (χ3v) is 11.7. The molecule has 1 aromatic carbocycles. The fourth-order valence-electron chi connectivity index (χ4n) is 8.21. The summed E-state index contributed by atoms with van der Waals surface area (Å²) in [6, 6.07) is 10.4. The van der Waals surface area contributed by atoms with Gasteiger partial charge in [-0.15, -0.1) is 11.3 Å². The Balaban J connectivity index is 1.16. The van der Waals surface area contributed by atoms with E-state index in [0.29, 0.717) is 12.3 Å². The Labute approximate surface area is 228 Å². The van der Waals surface area contributed by atoms with E-state index < -0.39 is 0 Å². The molecule has 0 unspecified atom stereocenters. The molecule has 6 heteroatoms. The molecule has 4 nitrogen and oxygen atoms in total. The number of rotatable bonds is 7. The van der Waals surface area contributed by atoms with Gasteiger partial charge in [-0.3, -0.25) is 4.79 Å². The van der Waals surface area contributed by atoms with Crippen molar-refractivity contribution in [3.63, 3.8) is 0 Å². The highest BCUT2D eigenvalue weighted by Crippen LogP contribution is 2.60. The number of carbonyl (C=O) groups is 1. The average molecular weight is 532 g/mol. The van der Waals surface area contributed by atoms with Crippen molar-refractivity contribution in [2.75, 3.05) is 12.3 Å². The van der Waals surface area contributed by atoms with Crippen LogP contribution in [-0.4, -0.2) is 28.2 Å². The van der Waals surface area contributed by atoms with Gasteiger partial charge < -0.3 is 5.32 Å². The summed E-state index contributed by atoms with van der Waals surface area (Å²) in [6.07, 6.45) is 12.5. The van der Waals surface area contributed by atoms with Crippen LogP contribution in [-0.2, 0) is 29.5 Å². The quantitative estimate of drug-likeness (QED) is 0.271. The molecule has 194 valence electrons. The van der Waals surface area contributed by atoms with Gasteiger partial charge in [-0.2, -0.15) is 0 Å². The van der Waals surface area contributed by atoms with Gasteiger partial charge in [0, 0.05) is 22.2 Å². The van der Waals surface area contributed by atoms with Crippen LogP contribution in [0.3, 0.4) is 0 Å². The summed E-state index contributed by atoms with van der Waals surface area (Å²) < 4.78 is 0. The number of fused-ring (bicyclic) bond motifs is 3. The van der Waals surface area contributed by atoms with Crippen molar-refractivity contribution < 1.29 is 4.79 Å². The maximum absolute atomic E-state index is 12.8. The predicted octanol–water partition coefficient (Wildman–Crippen LogP) is 6.73. The number of nitrogens with one attached hydrogen (secondary N) is 1. The molecule has 4 saturated carbocycles. The van der Waals surface area contributed by atoms with Crippen LogP contribution < -0.4 is 5.32 Å². The highest BCUT2D eigenvalue weighted by Gasteiger charge is 2.53. The Morgan fingerprint density at radius 2 is 1.81 bits per heavy atom. The molecule has 1 atom stereocenters. The van der Waals surface area contributed by atoms with E-state index in [2.05, 4.69) is 36.5 Å². The summed E-state index contributed by atoms with van der Waals surface area (Å²) in [5.74, 6) is 4.97. The maximum Gasteiger partial charge on any atom is 0.230 e. The summed E-state index contributed by atoms with van der Waals surface area (Å²) >= 11 is 3.56. The molecule has 8 rings (SSSR count). The zero-order valence-electron chi connectivity index (χ0n) is 21.8. The molecule has 37 heavy (non-hydrogen) atoms. The van der Waals surface area contributed by atoms with Gasteiger partial charge in [0.1, 0.15) is 15.7 Å². The van der Waals surface area contributed by atoms with Crippen molar-refractivity contribution in [3.05, 3.63) is 52.2 Å². The number of aryl methyl sites for hydroxylation is 1. The second-order valence-corrected chi connectivity index (χ2v) is 14.5. The van der Waals surface area contributed by atoms with E-state index in [0.717, 1.165) is 53.8 Å². The van der Waals surface area contributed by atoms with Gasteiger partial charge in [0.25, 0.3) is 0 Å². The molecule has 5 aliphatic rings. The number of carbonyl (C=O) groups excluding carboxylic acids is 1. The van der Waals surface area contributed by atoms with Crippen molar-refractivity contribution in [2.45, 2.75) is 81.6 Å². The zero-order chi connectivity index (χ0) is 25.0. The number of amides is 1. The fourth-order valence-corrected chi connectivity index (χ4v) is 10.5. The summed E-state index contributed by atoms with van der Waals surface area (Å²) in [6.45, 7) is 3.04. The fraction of sp³-hybridized carbons (Fsp3) is 0.581. The Hall–Kier alpha value is -1.92. The molecular formula is C31H37N3OS2. The number of thioether (sulfide) groups is 1. The molecule has 1 N–H and O–H groups in total. The number of thiophene rings is 1. The molecule has 3 aromatic rings. The number of nitrogens with zero attached hydrogens (tertiary/aromatic N) is 2. The molecule has 2 heterocycles. The Bertz CT molecular complexity index is 1280. The first kappa shape index (κ1) is 24.1. The number of benzene rings is 1. The largest absolute Gasteiger partial charge is 0.355 e. The first-order valence-corrected chi connectivity index (χ1v) is 16.1. The third-order valence-electron chi connectivity index (χ3n) is 9.55. The first-order chi connectivity index (χ1) is 18.0. The second kappa shape index (κ2) is 9.68. The Morgan fingerprint density at radius 3 is 2.54 bits per heavy atom. The van der Waals surface area contributed by atoms with Crippen LogP contribution in [0.4, 0.5) is 0 Å². The van der Waals surface area contributed by atoms with E-state index >= 15 is 0 Å². The van der Waals surface area contributed by atoms with Gasteiger partial charge in [-0.25, -0.2) is 9.97 Å². The molecule has 0 saturated heterocycles. The molecule has 1 amide bonds.